The van der Waals surface area contributed by atoms with Gasteiger partial charge < -0.3 is 0 Å². The molecule has 0 saturated carbocycles. The number of hydroxylamine groups is 1. The Morgan fingerprint density at radius 2 is 2.22 bits per heavy atom. The molecule has 1 aliphatic rings. The zero-order chi connectivity index (χ0) is 6.85. The molecule has 54 valence electrons. The van der Waals surface area contributed by atoms with E-state index in [4.69, 9.17) is 4.84 Å². The highest BCUT2D eigenvalue weighted by molar-refractivity contribution is 4.72. The zero-order valence-electron chi connectivity index (χ0n) is 6.35. The minimum Gasteiger partial charge on any atom is -0.298 e. The normalized spacial score (nSPS) is 36.0. The molecule has 1 N–H and O–H groups in total. The summed E-state index contributed by atoms with van der Waals surface area (Å²) in [5.41, 5.74) is 2.95. The average Bonchev–Trinajstić information content (AvgIpc) is 2.14. The molecule has 0 radical (unpaired) electrons. The number of nitrogens with one attached hydrogen (secondary N) is 1. The highest BCUT2D eigenvalue weighted by Crippen LogP contribution is 2.17. The summed E-state index contributed by atoms with van der Waals surface area (Å²) in [5, 5.41) is 0. The lowest BCUT2D eigenvalue weighted by Gasteiger charge is -2.10. The van der Waals surface area contributed by atoms with E-state index < -0.39 is 0 Å². The fourth-order valence-corrected chi connectivity index (χ4v) is 1.06. The third-order valence-electron chi connectivity index (χ3n) is 1.75. The Hall–Kier alpha value is -0.0800. The third kappa shape index (κ3) is 1.66. The summed E-state index contributed by atoms with van der Waals surface area (Å²) in [6.07, 6.45) is 1.58. The molecule has 2 atom stereocenters. The van der Waals surface area contributed by atoms with Gasteiger partial charge in [-0.05, 0) is 19.3 Å². The van der Waals surface area contributed by atoms with Gasteiger partial charge in [0.1, 0.15) is 0 Å². The molecule has 0 bridgehead atoms. The molecular weight excluding hydrogens is 114 g/mol. The van der Waals surface area contributed by atoms with Crippen molar-refractivity contribution in [3.63, 3.8) is 0 Å². The van der Waals surface area contributed by atoms with E-state index in [9.17, 15) is 0 Å². The molecule has 1 heterocycles. The summed E-state index contributed by atoms with van der Waals surface area (Å²) < 4.78 is 0. The van der Waals surface area contributed by atoms with Crippen molar-refractivity contribution in [3.8, 4) is 0 Å². The lowest BCUT2D eigenvalue weighted by Crippen LogP contribution is -2.16. The van der Waals surface area contributed by atoms with E-state index in [2.05, 4.69) is 26.3 Å². The van der Waals surface area contributed by atoms with Gasteiger partial charge in [-0.1, -0.05) is 13.8 Å². The van der Waals surface area contributed by atoms with Gasteiger partial charge in [0.2, 0.25) is 0 Å². The fourth-order valence-electron chi connectivity index (χ4n) is 1.06. The second-order valence-electron chi connectivity index (χ2n) is 3.15. The maximum atomic E-state index is 5.28. The van der Waals surface area contributed by atoms with Gasteiger partial charge in [-0.3, -0.25) is 4.84 Å². The quantitative estimate of drug-likeness (QED) is 0.576. The van der Waals surface area contributed by atoms with Crippen LogP contribution in [0.4, 0.5) is 0 Å². The summed E-state index contributed by atoms with van der Waals surface area (Å²) >= 11 is 0. The Morgan fingerprint density at radius 3 is 2.44 bits per heavy atom. The molecule has 1 fully saturated rings. The molecule has 0 aromatic carbocycles. The Morgan fingerprint density at radius 1 is 1.56 bits per heavy atom. The van der Waals surface area contributed by atoms with Crippen LogP contribution in [0.25, 0.3) is 0 Å². The van der Waals surface area contributed by atoms with E-state index in [-0.39, 0.29) is 0 Å². The first kappa shape index (κ1) is 7.03. The van der Waals surface area contributed by atoms with E-state index in [1.54, 1.807) is 0 Å². The molecule has 2 nitrogen and oxygen atoms in total. The average molecular weight is 129 g/mol. The minimum absolute atomic E-state index is 0.431. The molecule has 9 heavy (non-hydrogen) atoms. The zero-order valence-corrected chi connectivity index (χ0v) is 6.35. The number of hydrogen-bond donors (Lipinski definition) is 1. The predicted molar refractivity (Wildman–Crippen MR) is 36.9 cm³/mol. The van der Waals surface area contributed by atoms with Crippen molar-refractivity contribution in [1.82, 2.24) is 5.48 Å². The summed E-state index contributed by atoms with van der Waals surface area (Å²) in [4.78, 5) is 5.28. The Kier molecular flexibility index (Phi) is 2.09. The molecule has 0 aromatic rings. The topological polar surface area (TPSA) is 21.3 Å². The van der Waals surface area contributed by atoms with Crippen LogP contribution in [0, 0.1) is 5.92 Å². The molecule has 1 saturated heterocycles. The van der Waals surface area contributed by atoms with Crippen LogP contribution >= 0.6 is 0 Å². The summed E-state index contributed by atoms with van der Waals surface area (Å²) in [7, 11) is 0. The maximum absolute atomic E-state index is 5.28. The van der Waals surface area contributed by atoms with Crippen molar-refractivity contribution < 1.29 is 4.84 Å². The number of rotatable bonds is 1. The van der Waals surface area contributed by atoms with Crippen LogP contribution in [0.2, 0.25) is 0 Å². The molecular formula is C7H15NO. The lowest BCUT2D eigenvalue weighted by atomic mass is 10.0. The van der Waals surface area contributed by atoms with Gasteiger partial charge in [0.05, 0.1) is 6.10 Å². The van der Waals surface area contributed by atoms with Crippen LogP contribution in [0.5, 0.6) is 0 Å². The Balaban J connectivity index is 2.30. The molecule has 0 spiro atoms. The summed E-state index contributed by atoms with van der Waals surface area (Å²) in [6, 6.07) is 0.539. The molecule has 1 aliphatic heterocycles. The minimum atomic E-state index is 0.431. The first-order chi connectivity index (χ1) is 4.20. The standard InChI is InChI=1S/C7H15NO/c1-5(2)7-4-6(3)8-9-7/h5-8H,4H2,1-3H3. The first-order valence-electron chi connectivity index (χ1n) is 3.61. The Labute approximate surface area is 56.5 Å². The maximum Gasteiger partial charge on any atom is 0.0828 e. The van der Waals surface area contributed by atoms with Crippen LogP contribution in [-0.4, -0.2) is 12.1 Å². The summed E-state index contributed by atoms with van der Waals surface area (Å²) in [6.45, 7) is 6.51. The van der Waals surface area contributed by atoms with Crippen molar-refractivity contribution in [2.45, 2.75) is 39.3 Å². The van der Waals surface area contributed by atoms with Crippen molar-refractivity contribution in [1.29, 1.82) is 0 Å². The van der Waals surface area contributed by atoms with Gasteiger partial charge >= 0.3 is 0 Å². The molecule has 0 aliphatic carbocycles. The van der Waals surface area contributed by atoms with Crippen LogP contribution in [0.3, 0.4) is 0 Å². The van der Waals surface area contributed by atoms with Crippen LogP contribution in [0.15, 0.2) is 0 Å². The first-order valence-corrected chi connectivity index (χ1v) is 3.61. The molecule has 0 aromatic heterocycles. The van der Waals surface area contributed by atoms with Gasteiger partial charge in [-0.15, -0.1) is 0 Å². The second-order valence-corrected chi connectivity index (χ2v) is 3.15. The van der Waals surface area contributed by atoms with Gasteiger partial charge in [0.15, 0.2) is 0 Å². The van der Waals surface area contributed by atoms with Crippen LogP contribution in [0.1, 0.15) is 27.2 Å². The van der Waals surface area contributed by atoms with Gasteiger partial charge in [-0.2, -0.15) is 5.48 Å². The Bertz CT molecular complexity index is 92.9. The summed E-state index contributed by atoms with van der Waals surface area (Å²) in [5.74, 6) is 0.641. The van der Waals surface area contributed by atoms with E-state index in [1.165, 1.54) is 0 Å². The smallest absolute Gasteiger partial charge is 0.0828 e. The van der Waals surface area contributed by atoms with Gasteiger partial charge in [-0.25, -0.2) is 0 Å². The molecule has 0 amide bonds. The van der Waals surface area contributed by atoms with Crippen molar-refractivity contribution in [3.05, 3.63) is 0 Å². The molecule has 1 rings (SSSR count). The van der Waals surface area contributed by atoms with Crippen molar-refractivity contribution in [2.24, 2.45) is 5.92 Å². The third-order valence-corrected chi connectivity index (χ3v) is 1.75. The highest BCUT2D eigenvalue weighted by Gasteiger charge is 2.23. The second kappa shape index (κ2) is 2.67. The van der Waals surface area contributed by atoms with E-state index >= 15 is 0 Å². The van der Waals surface area contributed by atoms with Crippen molar-refractivity contribution >= 4 is 0 Å². The van der Waals surface area contributed by atoms with Gasteiger partial charge in [0.25, 0.3) is 0 Å². The van der Waals surface area contributed by atoms with E-state index in [0.717, 1.165) is 6.42 Å². The monoisotopic (exact) mass is 129 g/mol. The van der Waals surface area contributed by atoms with Crippen LogP contribution < -0.4 is 5.48 Å². The van der Waals surface area contributed by atoms with Gasteiger partial charge in [0, 0.05) is 6.04 Å². The lowest BCUT2D eigenvalue weighted by molar-refractivity contribution is 0.00385. The molecule has 2 unspecified atom stereocenters. The largest absolute Gasteiger partial charge is 0.298 e. The SMILES string of the molecule is CC1CC(C(C)C)ON1. The van der Waals surface area contributed by atoms with Crippen molar-refractivity contribution in [2.75, 3.05) is 0 Å². The highest BCUT2D eigenvalue weighted by atomic mass is 16.7. The van der Waals surface area contributed by atoms with E-state index in [1.807, 2.05) is 0 Å². The number of hydrogen-bond acceptors (Lipinski definition) is 2. The predicted octanol–water partition coefficient (Wildman–Crippen LogP) is 1.32. The molecule has 2 heteroatoms. The van der Waals surface area contributed by atoms with Crippen LogP contribution in [-0.2, 0) is 4.84 Å². The fraction of sp³-hybridized carbons (Fsp3) is 1.00. The van der Waals surface area contributed by atoms with E-state index in [0.29, 0.717) is 18.1 Å².